The van der Waals surface area contributed by atoms with Crippen LogP contribution in [0.25, 0.3) is 10.2 Å². The summed E-state index contributed by atoms with van der Waals surface area (Å²) in [6.07, 6.45) is 0.881. The van der Waals surface area contributed by atoms with Crippen LogP contribution in [0.15, 0.2) is 30.3 Å². The van der Waals surface area contributed by atoms with Crippen molar-refractivity contribution in [1.82, 2.24) is 9.88 Å². The Bertz CT molecular complexity index is 1080. The molecule has 5 nitrogen and oxygen atoms in total. The highest BCUT2D eigenvalue weighted by atomic mass is 35.5. The quantitative estimate of drug-likeness (QED) is 0.443. The molecule has 0 saturated carbocycles. The number of amides is 1. The highest BCUT2D eigenvalue weighted by molar-refractivity contribution is 7.22. The predicted octanol–water partition coefficient (Wildman–Crippen LogP) is 5.67. The van der Waals surface area contributed by atoms with Crippen molar-refractivity contribution in [3.63, 3.8) is 0 Å². The van der Waals surface area contributed by atoms with Crippen LogP contribution >= 0.6 is 35.3 Å². The van der Waals surface area contributed by atoms with Crippen LogP contribution in [-0.4, -0.2) is 55.2 Å². The van der Waals surface area contributed by atoms with Gasteiger partial charge in [-0.2, -0.15) is 0 Å². The number of aryl methyl sites for hydroxylation is 3. The fourth-order valence-corrected chi connectivity index (χ4v) is 5.22. The van der Waals surface area contributed by atoms with Crippen LogP contribution in [0, 0.1) is 20.8 Å². The third-order valence-electron chi connectivity index (χ3n) is 5.64. The number of benzene rings is 2. The van der Waals surface area contributed by atoms with Crippen LogP contribution in [0.5, 0.6) is 0 Å². The maximum Gasteiger partial charge on any atom is 0.260 e. The summed E-state index contributed by atoms with van der Waals surface area (Å²) in [6.45, 7) is 11.0. The Balaban J connectivity index is 0.00000289. The van der Waals surface area contributed by atoms with Crippen molar-refractivity contribution < 1.29 is 9.53 Å². The SMILES string of the molecule is Cc1cc(C)cc(C(=O)N(CCCN2CCOCC2)c2nc3c(C)c(Cl)ccc3s2)c1.Cl. The van der Waals surface area contributed by atoms with Gasteiger partial charge in [-0.1, -0.05) is 40.1 Å². The number of rotatable bonds is 6. The van der Waals surface area contributed by atoms with Crippen molar-refractivity contribution in [3.05, 3.63) is 57.6 Å². The molecule has 1 amide bonds. The molecule has 0 radical (unpaired) electrons. The Morgan fingerprint density at radius 2 is 1.84 bits per heavy atom. The highest BCUT2D eigenvalue weighted by Gasteiger charge is 2.23. The molecule has 0 unspecified atom stereocenters. The maximum absolute atomic E-state index is 13.6. The van der Waals surface area contributed by atoms with Crippen molar-refractivity contribution in [2.24, 2.45) is 0 Å². The van der Waals surface area contributed by atoms with Crippen molar-refractivity contribution in [1.29, 1.82) is 0 Å². The van der Waals surface area contributed by atoms with Gasteiger partial charge in [0.05, 0.1) is 23.4 Å². The zero-order chi connectivity index (χ0) is 22.0. The van der Waals surface area contributed by atoms with Crippen LogP contribution < -0.4 is 4.90 Å². The van der Waals surface area contributed by atoms with E-state index in [9.17, 15) is 4.79 Å². The minimum absolute atomic E-state index is 0. The van der Waals surface area contributed by atoms with Crippen LogP contribution in [0.1, 0.15) is 33.5 Å². The lowest BCUT2D eigenvalue weighted by molar-refractivity contribution is 0.0376. The van der Waals surface area contributed by atoms with Gasteiger partial charge in [-0.3, -0.25) is 14.6 Å². The highest BCUT2D eigenvalue weighted by Crippen LogP contribution is 2.34. The summed E-state index contributed by atoms with van der Waals surface area (Å²) in [5.74, 6) is -0.00316. The first kappa shape index (κ1) is 24.9. The molecule has 172 valence electrons. The molecule has 1 fully saturated rings. The van der Waals surface area contributed by atoms with E-state index in [1.807, 2.05) is 49.9 Å². The molecule has 0 spiro atoms. The number of carbonyl (C=O) groups excluding carboxylic acids is 1. The van der Waals surface area contributed by atoms with Gasteiger partial charge in [-0.05, 0) is 57.0 Å². The van der Waals surface area contributed by atoms with E-state index in [-0.39, 0.29) is 18.3 Å². The van der Waals surface area contributed by atoms with E-state index >= 15 is 0 Å². The summed E-state index contributed by atoms with van der Waals surface area (Å²) in [6, 6.07) is 9.89. The molecule has 2 heterocycles. The molecule has 1 saturated heterocycles. The molecule has 0 aliphatic carbocycles. The Kier molecular flexibility index (Phi) is 8.53. The second-order valence-electron chi connectivity index (χ2n) is 8.16. The van der Waals surface area contributed by atoms with Gasteiger partial charge in [0.1, 0.15) is 0 Å². The fourth-order valence-electron chi connectivity index (χ4n) is 4.02. The van der Waals surface area contributed by atoms with Crippen molar-refractivity contribution in [2.45, 2.75) is 27.2 Å². The molecular formula is C24H29Cl2N3O2S. The Labute approximate surface area is 204 Å². The van der Waals surface area contributed by atoms with Crippen LogP contribution in [0.4, 0.5) is 5.13 Å². The molecule has 0 atom stereocenters. The smallest absolute Gasteiger partial charge is 0.260 e. The lowest BCUT2D eigenvalue weighted by Gasteiger charge is -2.27. The number of fused-ring (bicyclic) bond motifs is 1. The number of nitrogens with zero attached hydrogens (tertiary/aromatic N) is 3. The molecule has 3 aromatic rings. The number of anilines is 1. The molecule has 1 aliphatic heterocycles. The molecule has 0 N–H and O–H groups in total. The van der Waals surface area contributed by atoms with Crippen molar-refractivity contribution in [2.75, 3.05) is 44.3 Å². The summed E-state index contributed by atoms with van der Waals surface area (Å²) in [7, 11) is 0. The summed E-state index contributed by atoms with van der Waals surface area (Å²) in [5.41, 5.74) is 4.71. The van der Waals surface area contributed by atoms with Gasteiger partial charge in [0.15, 0.2) is 5.13 Å². The first-order chi connectivity index (χ1) is 14.9. The zero-order valence-electron chi connectivity index (χ0n) is 18.7. The zero-order valence-corrected chi connectivity index (χ0v) is 21.1. The van der Waals surface area contributed by atoms with Gasteiger partial charge in [0.25, 0.3) is 5.91 Å². The van der Waals surface area contributed by atoms with E-state index in [0.29, 0.717) is 17.1 Å². The fraction of sp³-hybridized carbons (Fsp3) is 0.417. The molecule has 2 aromatic carbocycles. The number of aromatic nitrogens is 1. The summed E-state index contributed by atoms with van der Waals surface area (Å²) < 4.78 is 6.49. The monoisotopic (exact) mass is 493 g/mol. The van der Waals surface area contributed by atoms with Gasteiger partial charge in [0, 0.05) is 36.8 Å². The maximum atomic E-state index is 13.6. The second kappa shape index (κ2) is 10.9. The Hall–Kier alpha value is -1.70. The van der Waals surface area contributed by atoms with E-state index in [1.54, 1.807) is 11.3 Å². The molecular weight excluding hydrogens is 465 g/mol. The van der Waals surface area contributed by atoms with E-state index in [1.165, 1.54) is 0 Å². The average Bonchev–Trinajstić information content (AvgIpc) is 3.18. The van der Waals surface area contributed by atoms with Crippen LogP contribution in [0.3, 0.4) is 0 Å². The van der Waals surface area contributed by atoms with E-state index < -0.39 is 0 Å². The topological polar surface area (TPSA) is 45.7 Å². The van der Waals surface area contributed by atoms with E-state index in [4.69, 9.17) is 21.3 Å². The van der Waals surface area contributed by atoms with Gasteiger partial charge < -0.3 is 4.74 Å². The van der Waals surface area contributed by atoms with Crippen LogP contribution in [-0.2, 0) is 4.74 Å². The van der Waals surface area contributed by atoms with Gasteiger partial charge in [-0.25, -0.2) is 4.98 Å². The number of halogens is 2. The largest absolute Gasteiger partial charge is 0.379 e. The van der Waals surface area contributed by atoms with Gasteiger partial charge in [-0.15, -0.1) is 12.4 Å². The molecule has 1 aliphatic rings. The predicted molar refractivity (Wildman–Crippen MR) is 136 cm³/mol. The van der Waals surface area contributed by atoms with Crippen molar-refractivity contribution in [3.8, 4) is 0 Å². The first-order valence-electron chi connectivity index (χ1n) is 10.7. The standard InChI is InChI=1S/C24H28ClN3O2S.ClH/c1-16-13-17(2)15-19(14-16)23(29)28(8-4-7-27-9-11-30-12-10-27)24-26-22-18(3)20(25)5-6-21(22)31-24;/h5-6,13-15H,4,7-12H2,1-3H3;1H. The summed E-state index contributed by atoms with van der Waals surface area (Å²) in [5, 5.41) is 1.43. The van der Waals surface area contributed by atoms with E-state index in [2.05, 4.69) is 11.0 Å². The summed E-state index contributed by atoms with van der Waals surface area (Å²) in [4.78, 5) is 22.7. The normalized spacial score (nSPS) is 14.4. The van der Waals surface area contributed by atoms with Crippen LogP contribution in [0.2, 0.25) is 5.02 Å². The van der Waals surface area contributed by atoms with Gasteiger partial charge in [0.2, 0.25) is 0 Å². The number of hydrogen-bond donors (Lipinski definition) is 0. The average molecular weight is 494 g/mol. The van der Waals surface area contributed by atoms with E-state index in [0.717, 1.165) is 71.3 Å². The number of carbonyl (C=O) groups is 1. The Morgan fingerprint density at radius 1 is 1.16 bits per heavy atom. The van der Waals surface area contributed by atoms with Crippen molar-refractivity contribution >= 4 is 56.6 Å². The third-order valence-corrected chi connectivity index (χ3v) is 7.09. The molecule has 8 heteroatoms. The molecule has 1 aromatic heterocycles. The lowest BCUT2D eigenvalue weighted by Crippen LogP contribution is -2.39. The number of morpholine rings is 1. The lowest BCUT2D eigenvalue weighted by atomic mass is 10.1. The molecule has 4 rings (SSSR count). The third kappa shape index (κ3) is 5.61. The number of thiazole rings is 1. The minimum atomic E-state index is -0.00316. The van der Waals surface area contributed by atoms with Gasteiger partial charge >= 0.3 is 0 Å². The molecule has 0 bridgehead atoms. The minimum Gasteiger partial charge on any atom is -0.379 e. The Morgan fingerprint density at radius 3 is 2.53 bits per heavy atom. The number of hydrogen-bond acceptors (Lipinski definition) is 5. The first-order valence-corrected chi connectivity index (χ1v) is 11.9. The summed E-state index contributed by atoms with van der Waals surface area (Å²) >= 11 is 7.86. The second-order valence-corrected chi connectivity index (χ2v) is 9.57. The number of ether oxygens (including phenoxy) is 1. The molecule has 32 heavy (non-hydrogen) atoms.